The van der Waals surface area contributed by atoms with Crippen LogP contribution in [-0.2, 0) is 21.2 Å². The van der Waals surface area contributed by atoms with Gasteiger partial charge in [-0.2, -0.15) is 0 Å². The summed E-state index contributed by atoms with van der Waals surface area (Å²) < 4.78 is 41.4. The Hall–Kier alpha value is -2.16. The van der Waals surface area contributed by atoms with Crippen molar-refractivity contribution in [1.29, 1.82) is 0 Å². The summed E-state index contributed by atoms with van der Waals surface area (Å²) in [4.78, 5) is 14.1. The molecule has 1 atom stereocenters. The van der Waals surface area contributed by atoms with Crippen LogP contribution in [0.3, 0.4) is 0 Å². The molecule has 0 saturated heterocycles. The summed E-state index contributed by atoms with van der Waals surface area (Å²) in [5.74, 6) is -0.612. The van der Waals surface area contributed by atoms with Crippen molar-refractivity contribution in [2.45, 2.75) is 24.3 Å². The number of halogens is 2. The first-order valence-corrected chi connectivity index (χ1v) is 9.65. The van der Waals surface area contributed by atoms with Crippen LogP contribution < -0.4 is 14.8 Å². The van der Waals surface area contributed by atoms with Gasteiger partial charge in [0.25, 0.3) is 5.91 Å². The minimum atomic E-state index is -3.81. The second kappa shape index (κ2) is 6.86. The van der Waals surface area contributed by atoms with Crippen LogP contribution in [0.25, 0.3) is 0 Å². The molecule has 0 spiro atoms. The lowest BCUT2D eigenvalue weighted by Crippen LogP contribution is -2.39. The summed E-state index contributed by atoms with van der Waals surface area (Å²) in [7, 11) is -3.81. The molecule has 0 saturated carbocycles. The van der Waals surface area contributed by atoms with E-state index in [1.54, 1.807) is 11.0 Å². The van der Waals surface area contributed by atoms with Gasteiger partial charge in [-0.05, 0) is 55.3 Å². The number of carbonyl (C=O) groups is 1. The fraction of sp³-hybridized carbons (Fsp3) is 0.235. The number of fused-ring (bicyclic) bond motifs is 1. The molecule has 1 aliphatic heterocycles. The highest BCUT2D eigenvalue weighted by Crippen LogP contribution is 2.34. The maximum Gasteiger partial charge on any atom is 0.265 e. The van der Waals surface area contributed by atoms with Gasteiger partial charge in [-0.3, -0.25) is 4.79 Å². The molecule has 0 fully saturated rings. The molecule has 0 radical (unpaired) electrons. The van der Waals surface area contributed by atoms with Crippen molar-refractivity contribution in [1.82, 2.24) is 0 Å². The Bertz CT molecular complexity index is 981. The van der Waals surface area contributed by atoms with E-state index in [4.69, 9.17) is 21.5 Å². The molecule has 1 amide bonds. The van der Waals surface area contributed by atoms with Crippen molar-refractivity contribution < 1.29 is 22.3 Å². The Morgan fingerprint density at radius 1 is 1.35 bits per heavy atom. The van der Waals surface area contributed by atoms with Crippen molar-refractivity contribution in [3.63, 3.8) is 0 Å². The van der Waals surface area contributed by atoms with E-state index in [1.165, 1.54) is 24.3 Å². The molecule has 0 aliphatic carbocycles. The zero-order valence-corrected chi connectivity index (χ0v) is 15.3. The Kier molecular flexibility index (Phi) is 4.92. The van der Waals surface area contributed by atoms with Crippen molar-refractivity contribution >= 4 is 33.2 Å². The summed E-state index contributed by atoms with van der Waals surface area (Å²) in [6.07, 6.45) is 0.502. The van der Waals surface area contributed by atoms with Gasteiger partial charge in [-0.25, -0.2) is 17.9 Å². The van der Waals surface area contributed by atoms with E-state index in [9.17, 15) is 17.6 Å². The van der Waals surface area contributed by atoms with E-state index in [0.717, 1.165) is 11.6 Å². The van der Waals surface area contributed by atoms with E-state index in [1.807, 2.05) is 6.92 Å². The predicted octanol–water partition coefficient (Wildman–Crippen LogP) is 2.48. The number of amides is 1. The maximum absolute atomic E-state index is 13.1. The summed E-state index contributed by atoms with van der Waals surface area (Å²) >= 11 is 5.88. The molecule has 26 heavy (non-hydrogen) atoms. The van der Waals surface area contributed by atoms with Crippen LogP contribution in [-0.4, -0.2) is 27.0 Å². The third-order valence-electron chi connectivity index (χ3n) is 4.11. The van der Waals surface area contributed by atoms with Crippen LogP contribution >= 0.6 is 11.6 Å². The number of ether oxygens (including phenoxy) is 1. The number of hydrogen-bond donors (Lipinski definition) is 1. The number of sulfonamides is 1. The van der Waals surface area contributed by atoms with Gasteiger partial charge < -0.3 is 9.64 Å². The smallest absolute Gasteiger partial charge is 0.265 e. The molecule has 2 aromatic carbocycles. The monoisotopic (exact) mass is 398 g/mol. The molecular weight excluding hydrogens is 383 g/mol. The molecule has 1 aliphatic rings. The van der Waals surface area contributed by atoms with Gasteiger partial charge in [0.2, 0.25) is 10.0 Å². The van der Waals surface area contributed by atoms with Crippen molar-refractivity contribution in [3.8, 4) is 5.75 Å². The average Bonchev–Trinajstić information content (AvgIpc) is 2.88. The van der Waals surface area contributed by atoms with E-state index in [-0.39, 0.29) is 34.2 Å². The van der Waals surface area contributed by atoms with Gasteiger partial charge in [-0.1, -0.05) is 11.6 Å². The van der Waals surface area contributed by atoms with Crippen LogP contribution in [0.1, 0.15) is 12.5 Å². The van der Waals surface area contributed by atoms with Crippen LogP contribution in [0.15, 0.2) is 41.3 Å². The number of nitrogens with two attached hydrogens (primary N) is 1. The zero-order valence-electron chi connectivity index (χ0n) is 13.8. The summed E-state index contributed by atoms with van der Waals surface area (Å²) in [5.41, 5.74) is 1.33. The minimum Gasteiger partial charge on any atom is -0.482 e. The maximum atomic E-state index is 13.1. The second-order valence-electron chi connectivity index (χ2n) is 6.02. The zero-order chi connectivity index (χ0) is 19.1. The molecule has 0 bridgehead atoms. The molecule has 0 unspecified atom stereocenters. The van der Waals surface area contributed by atoms with Gasteiger partial charge in [0, 0.05) is 11.7 Å². The molecule has 6 nitrogen and oxygen atoms in total. The number of carbonyl (C=O) groups excluding carboxylic acids is 1. The summed E-state index contributed by atoms with van der Waals surface area (Å²) in [6, 6.07) is 7.88. The number of hydrogen-bond acceptors (Lipinski definition) is 4. The standard InChI is InChI=1S/C17H16ClFN2O4S/c1-10-6-11-7-13(26(20,23)24)3-4-15(11)21(10)17(22)9-25-16-5-2-12(19)8-14(16)18/h2-5,7-8,10H,6,9H2,1H3,(H2,20,23,24)/t10-/m1/s1. The predicted molar refractivity (Wildman–Crippen MR) is 95.4 cm³/mol. The molecule has 2 N–H and O–H groups in total. The molecule has 9 heteroatoms. The lowest BCUT2D eigenvalue weighted by molar-refractivity contribution is -0.120. The summed E-state index contributed by atoms with van der Waals surface area (Å²) in [5, 5.41) is 5.22. The highest BCUT2D eigenvalue weighted by atomic mass is 35.5. The highest BCUT2D eigenvalue weighted by molar-refractivity contribution is 7.89. The number of primary sulfonamides is 1. The highest BCUT2D eigenvalue weighted by Gasteiger charge is 2.32. The van der Waals surface area contributed by atoms with Crippen LogP contribution in [0.4, 0.5) is 10.1 Å². The van der Waals surface area contributed by atoms with Gasteiger partial charge >= 0.3 is 0 Å². The van der Waals surface area contributed by atoms with Crippen molar-refractivity contribution in [2.75, 3.05) is 11.5 Å². The third kappa shape index (κ3) is 3.67. The number of anilines is 1. The van der Waals surface area contributed by atoms with Gasteiger partial charge in [0.15, 0.2) is 6.61 Å². The number of rotatable bonds is 4. The third-order valence-corrected chi connectivity index (χ3v) is 5.32. The molecule has 0 aromatic heterocycles. The lowest BCUT2D eigenvalue weighted by Gasteiger charge is -2.23. The van der Waals surface area contributed by atoms with Gasteiger partial charge in [-0.15, -0.1) is 0 Å². The van der Waals surface area contributed by atoms with Gasteiger partial charge in [0.1, 0.15) is 11.6 Å². The van der Waals surface area contributed by atoms with E-state index in [0.29, 0.717) is 12.1 Å². The van der Waals surface area contributed by atoms with Gasteiger partial charge in [0.05, 0.1) is 9.92 Å². The largest absolute Gasteiger partial charge is 0.482 e. The van der Waals surface area contributed by atoms with Crippen LogP contribution in [0.5, 0.6) is 5.75 Å². The molecule has 3 rings (SSSR count). The first-order chi connectivity index (χ1) is 12.2. The summed E-state index contributed by atoms with van der Waals surface area (Å²) in [6.45, 7) is 1.56. The van der Waals surface area contributed by atoms with E-state index < -0.39 is 15.8 Å². The normalized spacial score (nSPS) is 16.5. The number of benzene rings is 2. The van der Waals surface area contributed by atoms with Crippen molar-refractivity contribution in [3.05, 3.63) is 52.8 Å². The second-order valence-corrected chi connectivity index (χ2v) is 7.98. The first kappa shape index (κ1) is 18.6. The molecular formula is C17H16ClFN2O4S. The quantitative estimate of drug-likeness (QED) is 0.856. The first-order valence-electron chi connectivity index (χ1n) is 7.72. The molecule has 2 aromatic rings. The Labute approximate surface area is 155 Å². The SMILES string of the molecule is C[C@@H]1Cc2cc(S(N)(=O)=O)ccc2N1C(=O)COc1ccc(F)cc1Cl. The Morgan fingerprint density at radius 2 is 2.08 bits per heavy atom. The molecule has 1 heterocycles. The van der Waals surface area contributed by atoms with E-state index >= 15 is 0 Å². The van der Waals surface area contributed by atoms with Crippen molar-refractivity contribution in [2.24, 2.45) is 5.14 Å². The lowest BCUT2D eigenvalue weighted by atomic mass is 10.1. The molecule has 138 valence electrons. The Morgan fingerprint density at radius 3 is 2.73 bits per heavy atom. The topological polar surface area (TPSA) is 89.7 Å². The van der Waals surface area contributed by atoms with E-state index in [2.05, 4.69) is 0 Å². The van der Waals surface area contributed by atoms with Crippen LogP contribution in [0, 0.1) is 5.82 Å². The minimum absolute atomic E-state index is 0.00657. The number of nitrogens with zero attached hydrogens (tertiary/aromatic N) is 1. The van der Waals surface area contributed by atoms with Crippen LogP contribution in [0.2, 0.25) is 5.02 Å². The Balaban J connectivity index is 1.79. The average molecular weight is 399 g/mol. The fourth-order valence-electron chi connectivity index (χ4n) is 2.97. The fourth-order valence-corrected chi connectivity index (χ4v) is 3.75.